The first kappa shape index (κ1) is 11.1. The number of thiazole rings is 1. The van der Waals surface area contributed by atoms with Gasteiger partial charge in [-0.15, -0.1) is 0 Å². The zero-order valence-corrected chi connectivity index (χ0v) is 10.3. The Kier molecular flexibility index (Phi) is 3.24. The molecule has 0 fully saturated rings. The average molecular weight is 237 g/mol. The van der Waals surface area contributed by atoms with Crippen molar-refractivity contribution in [2.45, 2.75) is 32.9 Å². The van der Waals surface area contributed by atoms with E-state index >= 15 is 0 Å². The molecule has 16 heavy (non-hydrogen) atoms. The molecule has 2 rings (SSSR count). The minimum Gasteiger partial charge on any atom is -0.300 e. The van der Waals surface area contributed by atoms with E-state index in [2.05, 4.69) is 18.9 Å². The largest absolute Gasteiger partial charge is 0.307 e. The van der Waals surface area contributed by atoms with E-state index in [1.165, 1.54) is 11.3 Å². The molecule has 4 nitrogen and oxygen atoms in total. The molecule has 0 N–H and O–H groups in total. The number of hydrogen-bond donors (Lipinski definition) is 0. The maximum atomic E-state index is 11.4. The lowest BCUT2D eigenvalue weighted by Gasteiger charge is -2.08. The molecule has 0 radical (unpaired) electrons. The van der Waals surface area contributed by atoms with E-state index in [-0.39, 0.29) is 4.87 Å². The van der Waals surface area contributed by atoms with Gasteiger partial charge in [-0.05, 0) is 19.4 Å². The van der Waals surface area contributed by atoms with Gasteiger partial charge in [0.05, 0.1) is 12.2 Å². The van der Waals surface area contributed by atoms with Crippen LogP contribution >= 0.6 is 11.3 Å². The van der Waals surface area contributed by atoms with Crippen molar-refractivity contribution in [2.75, 3.05) is 0 Å². The van der Waals surface area contributed by atoms with Crippen LogP contribution in [0.3, 0.4) is 0 Å². The van der Waals surface area contributed by atoms with Crippen LogP contribution in [0.5, 0.6) is 0 Å². The molecular weight excluding hydrogens is 222 g/mol. The number of hydrogen-bond acceptors (Lipinski definition) is 3. The van der Waals surface area contributed by atoms with Gasteiger partial charge in [-0.2, -0.15) is 5.10 Å². The molecule has 0 saturated heterocycles. The van der Waals surface area contributed by atoms with Gasteiger partial charge in [0, 0.05) is 23.8 Å². The van der Waals surface area contributed by atoms with Crippen LogP contribution in [0.25, 0.3) is 0 Å². The van der Waals surface area contributed by atoms with E-state index < -0.39 is 0 Å². The van der Waals surface area contributed by atoms with Crippen molar-refractivity contribution < 1.29 is 0 Å². The molecule has 0 aliphatic heterocycles. The van der Waals surface area contributed by atoms with Crippen molar-refractivity contribution in [3.8, 4) is 0 Å². The van der Waals surface area contributed by atoms with Gasteiger partial charge >= 0.3 is 4.87 Å². The summed E-state index contributed by atoms with van der Waals surface area (Å²) >= 11 is 1.21. The van der Waals surface area contributed by atoms with E-state index in [0.717, 1.165) is 12.1 Å². The monoisotopic (exact) mass is 237 g/mol. The van der Waals surface area contributed by atoms with Crippen LogP contribution < -0.4 is 4.87 Å². The molecule has 0 amide bonds. The van der Waals surface area contributed by atoms with E-state index in [9.17, 15) is 4.79 Å². The quantitative estimate of drug-likeness (QED) is 0.817. The lowest BCUT2D eigenvalue weighted by molar-refractivity contribution is 0.472. The topological polar surface area (TPSA) is 39.8 Å². The van der Waals surface area contributed by atoms with Crippen LogP contribution in [0.4, 0.5) is 0 Å². The molecule has 0 saturated carbocycles. The normalized spacial score (nSPS) is 12.9. The Labute approximate surface area is 98.2 Å². The van der Waals surface area contributed by atoms with Gasteiger partial charge in [-0.25, -0.2) is 0 Å². The van der Waals surface area contributed by atoms with Crippen molar-refractivity contribution in [1.29, 1.82) is 0 Å². The third kappa shape index (κ3) is 2.24. The van der Waals surface area contributed by atoms with Gasteiger partial charge < -0.3 is 0 Å². The highest BCUT2D eigenvalue weighted by Crippen LogP contribution is 2.09. The maximum absolute atomic E-state index is 11.4. The van der Waals surface area contributed by atoms with Crippen LogP contribution in [0, 0.1) is 0 Å². The fourth-order valence-electron chi connectivity index (χ4n) is 1.48. The maximum Gasteiger partial charge on any atom is 0.307 e. The second-order valence-corrected chi connectivity index (χ2v) is 4.70. The molecule has 2 heterocycles. The standard InChI is InChI=1S/C11H15N3OS/c1-3-9(2)14-5-4-10(12-14)8-13-6-7-16-11(13)15/h4-7,9H,3,8H2,1-2H3. The smallest absolute Gasteiger partial charge is 0.300 e. The Hall–Kier alpha value is -1.36. The molecular formula is C11H15N3OS. The van der Waals surface area contributed by atoms with Crippen molar-refractivity contribution >= 4 is 11.3 Å². The van der Waals surface area contributed by atoms with Gasteiger partial charge in [-0.1, -0.05) is 18.3 Å². The number of nitrogens with zero attached hydrogens (tertiary/aromatic N) is 3. The molecule has 1 unspecified atom stereocenters. The summed E-state index contributed by atoms with van der Waals surface area (Å²) in [5.74, 6) is 0. The summed E-state index contributed by atoms with van der Waals surface area (Å²) < 4.78 is 3.63. The Morgan fingerprint density at radius 3 is 2.94 bits per heavy atom. The van der Waals surface area contributed by atoms with Crippen LogP contribution in [0.2, 0.25) is 0 Å². The molecule has 2 aromatic rings. The first-order chi connectivity index (χ1) is 7.70. The first-order valence-electron chi connectivity index (χ1n) is 5.38. The fraction of sp³-hybridized carbons (Fsp3) is 0.455. The Morgan fingerprint density at radius 2 is 2.31 bits per heavy atom. The predicted molar refractivity (Wildman–Crippen MR) is 64.9 cm³/mol. The van der Waals surface area contributed by atoms with Crippen LogP contribution in [-0.4, -0.2) is 14.3 Å². The van der Waals surface area contributed by atoms with Gasteiger partial charge in [0.15, 0.2) is 0 Å². The number of rotatable bonds is 4. The molecule has 2 aromatic heterocycles. The van der Waals surface area contributed by atoms with Gasteiger partial charge in [-0.3, -0.25) is 14.0 Å². The van der Waals surface area contributed by atoms with Crippen molar-refractivity contribution in [1.82, 2.24) is 14.3 Å². The average Bonchev–Trinajstić information content (AvgIpc) is 2.89. The summed E-state index contributed by atoms with van der Waals surface area (Å²) in [6, 6.07) is 2.38. The summed E-state index contributed by atoms with van der Waals surface area (Å²) in [5.41, 5.74) is 0.931. The third-order valence-electron chi connectivity index (χ3n) is 2.68. The molecule has 5 heteroatoms. The van der Waals surface area contributed by atoms with E-state index in [1.54, 1.807) is 16.1 Å². The van der Waals surface area contributed by atoms with Crippen molar-refractivity contribution in [3.63, 3.8) is 0 Å². The Bertz CT molecular complexity index is 511. The summed E-state index contributed by atoms with van der Waals surface area (Å²) in [7, 11) is 0. The fourth-order valence-corrected chi connectivity index (χ4v) is 2.06. The highest BCUT2D eigenvalue weighted by molar-refractivity contribution is 7.07. The van der Waals surface area contributed by atoms with Gasteiger partial charge in [0.25, 0.3) is 0 Å². The zero-order valence-electron chi connectivity index (χ0n) is 9.46. The van der Waals surface area contributed by atoms with E-state index in [4.69, 9.17) is 0 Å². The Morgan fingerprint density at radius 1 is 1.50 bits per heavy atom. The van der Waals surface area contributed by atoms with Crippen molar-refractivity contribution in [2.24, 2.45) is 0 Å². The highest BCUT2D eigenvalue weighted by atomic mass is 32.1. The molecule has 0 aromatic carbocycles. The van der Waals surface area contributed by atoms with Crippen LogP contribution in [0.1, 0.15) is 32.0 Å². The van der Waals surface area contributed by atoms with Crippen LogP contribution in [0.15, 0.2) is 28.6 Å². The third-order valence-corrected chi connectivity index (χ3v) is 3.38. The second-order valence-electron chi connectivity index (χ2n) is 3.84. The van der Waals surface area contributed by atoms with Crippen LogP contribution in [-0.2, 0) is 6.54 Å². The Balaban J connectivity index is 2.14. The van der Waals surface area contributed by atoms with E-state index in [0.29, 0.717) is 12.6 Å². The highest BCUT2D eigenvalue weighted by Gasteiger charge is 2.05. The van der Waals surface area contributed by atoms with Crippen molar-refractivity contribution in [3.05, 3.63) is 39.2 Å². The predicted octanol–water partition coefficient (Wildman–Crippen LogP) is 2.13. The molecule has 86 valence electrons. The first-order valence-corrected chi connectivity index (χ1v) is 6.26. The zero-order chi connectivity index (χ0) is 11.5. The molecule has 0 bridgehead atoms. The van der Waals surface area contributed by atoms with Gasteiger partial charge in [0.1, 0.15) is 0 Å². The summed E-state index contributed by atoms with van der Waals surface area (Å²) in [5, 5.41) is 6.26. The molecule has 0 aliphatic rings. The summed E-state index contributed by atoms with van der Waals surface area (Å²) in [4.78, 5) is 11.4. The molecule has 0 aliphatic carbocycles. The van der Waals surface area contributed by atoms with Gasteiger partial charge in [0.2, 0.25) is 0 Å². The summed E-state index contributed by atoms with van der Waals surface area (Å²) in [6.07, 6.45) is 4.83. The minimum atomic E-state index is 0.0677. The lowest BCUT2D eigenvalue weighted by Crippen LogP contribution is -2.13. The molecule has 1 atom stereocenters. The molecule has 0 spiro atoms. The SMILES string of the molecule is CCC(C)n1ccc(Cn2ccsc2=O)n1. The number of aromatic nitrogens is 3. The second kappa shape index (κ2) is 4.65. The summed E-state index contributed by atoms with van der Waals surface area (Å²) in [6.45, 7) is 4.83. The lowest BCUT2D eigenvalue weighted by atomic mass is 10.3. The van der Waals surface area contributed by atoms with E-state index in [1.807, 2.05) is 16.9 Å². The minimum absolute atomic E-state index is 0.0677.